The smallest absolute Gasteiger partial charge is 0.170 e. The predicted octanol–water partition coefficient (Wildman–Crippen LogP) is 4.08. The van der Waals surface area contributed by atoms with E-state index in [1.165, 1.54) is 0 Å². The largest absolute Gasteiger partial charge is 0.493 e. The molecule has 1 heterocycles. The van der Waals surface area contributed by atoms with Gasteiger partial charge in [0.2, 0.25) is 0 Å². The Morgan fingerprint density at radius 2 is 1.70 bits per heavy atom. The molecule has 0 saturated carbocycles. The van der Waals surface area contributed by atoms with E-state index in [1.54, 1.807) is 18.5 Å². The lowest BCUT2D eigenvalue weighted by Gasteiger charge is -2.13. The number of carbonyl (C=O) groups excluding carboxylic acids is 1. The van der Waals surface area contributed by atoms with Crippen molar-refractivity contribution in [2.24, 2.45) is 0 Å². The van der Waals surface area contributed by atoms with Crippen molar-refractivity contribution in [3.63, 3.8) is 0 Å². The zero-order chi connectivity index (χ0) is 16.5. The van der Waals surface area contributed by atoms with Gasteiger partial charge in [-0.1, -0.05) is 13.8 Å². The molecule has 4 nitrogen and oxygen atoms in total. The van der Waals surface area contributed by atoms with Crippen LogP contribution >= 0.6 is 0 Å². The van der Waals surface area contributed by atoms with Gasteiger partial charge in [-0.2, -0.15) is 0 Å². The van der Waals surface area contributed by atoms with E-state index in [4.69, 9.17) is 9.47 Å². The molecule has 0 aliphatic carbocycles. The third-order valence-corrected chi connectivity index (χ3v) is 3.30. The molecule has 0 spiro atoms. The monoisotopic (exact) mass is 313 g/mol. The number of ketones is 1. The van der Waals surface area contributed by atoms with Crippen LogP contribution in [-0.4, -0.2) is 24.0 Å². The molecule has 0 amide bonds. The Kier molecular flexibility index (Phi) is 6.60. The highest BCUT2D eigenvalue weighted by molar-refractivity contribution is 6.00. The molecule has 0 unspecified atom stereocenters. The summed E-state index contributed by atoms with van der Waals surface area (Å²) >= 11 is 0. The van der Waals surface area contributed by atoms with Crippen LogP contribution in [0, 0.1) is 0 Å². The van der Waals surface area contributed by atoms with Crippen molar-refractivity contribution in [1.82, 2.24) is 4.98 Å². The average Bonchev–Trinajstić information content (AvgIpc) is 2.59. The number of benzene rings is 1. The number of ether oxygens (including phenoxy) is 2. The topological polar surface area (TPSA) is 48.4 Å². The Hall–Kier alpha value is -2.36. The van der Waals surface area contributed by atoms with Gasteiger partial charge < -0.3 is 9.47 Å². The Morgan fingerprint density at radius 3 is 2.39 bits per heavy atom. The summed E-state index contributed by atoms with van der Waals surface area (Å²) in [6, 6.07) is 9.13. The second kappa shape index (κ2) is 8.93. The average molecular weight is 313 g/mol. The van der Waals surface area contributed by atoms with E-state index in [-0.39, 0.29) is 5.78 Å². The van der Waals surface area contributed by atoms with Crippen LogP contribution in [-0.2, 0) is 6.42 Å². The summed E-state index contributed by atoms with van der Waals surface area (Å²) in [5, 5.41) is 0. The summed E-state index contributed by atoms with van der Waals surface area (Å²) in [4.78, 5) is 16.6. The van der Waals surface area contributed by atoms with Gasteiger partial charge in [-0.25, -0.2) is 0 Å². The van der Waals surface area contributed by atoms with Gasteiger partial charge in [-0.05, 0) is 42.7 Å². The number of hydrogen-bond donors (Lipinski definition) is 0. The quantitative estimate of drug-likeness (QED) is 0.654. The van der Waals surface area contributed by atoms with Gasteiger partial charge in [0, 0.05) is 24.9 Å². The van der Waals surface area contributed by atoms with Crippen molar-refractivity contribution >= 4 is 5.78 Å². The molecule has 2 aromatic rings. The number of Topliss-reactive ketones (excluding diaryl/α,β-unsaturated/α-hetero) is 1. The maximum Gasteiger partial charge on any atom is 0.170 e. The van der Waals surface area contributed by atoms with E-state index in [1.807, 2.05) is 31.2 Å². The van der Waals surface area contributed by atoms with Gasteiger partial charge in [-0.15, -0.1) is 0 Å². The van der Waals surface area contributed by atoms with Crippen molar-refractivity contribution in [2.45, 2.75) is 33.1 Å². The number of nitrogens with zero attached hydrogens (tertiary/aromatic N) is 1. The second-order valence-corrected chi connectivity index (χ2v) is 5.31. The number of hydrogen-bond acceptors (Lipinski definition) is 4. The lowest BCUT2D eigenvalue weighted by molar-refractivity contribution is 0.0989. The van der Waals surface area contributed by atoms with Crippen LogP contribution in [0.3, 0.4) is 0 Å². The van der Waals surface area contributed by atoms with Gasteiger partial charge in [0.15, 0.2) is 5.78 Å². The lowest BCUT2D eigenvalue weighted by atomic mass is 10.0. The number of carbonyl (C=O) groups is 1. The van der Waals surface area contributed by atoms with Gasteiger partial charge >= 0.3 is 0 Å². The SMILES string of the molecule is CCCOc1ccc(C(=O)Cc2ccncc2)c(OCCC)c1. The molecule has 0 aliphatic rings. The molecule has 0 radical (unpaired) electrons. The van der Waals surface area contributed by atoms with E-state index >= 15 is 0 Å². The minimum absolute atomic E-state index is 0.0318. The molecule has 0 fully saturated rings. The first kappa shape index (κ1) is 17.0. The molecule has 23 heavy (non-hydrogen) atoms. The third-order valence-electron chi connectivity index (χ3n) is 3.30. The number of rotatable bonds is 9. The van der Waals surface area contributed by atoms with Crippen molar-refractivity contribution < 1.29 is 14.3 Å². The molecule has 1 aromatic heterocycles. The third kappa shape index (κ3) is 5.09. The summed E-state index contributed by atoms with van der Waals surface area (Å²) in [7, 11) is 0. The maximum atomic E-state index is 12.6. The van der Waals surface area contributed by atoms with Crippen LogP contribution in [0.5, 0.6) is 11.5 Å². The van der Waals surface area contributed by atoms with E-state index in [9.17, 15) is 4.79 Å². The fourth-order valence-electron chi connectivity index (χ4n) is 2.16. The Balaban J connectivity index is 2.19. The summed E-state index contributed by atoms with van der Waals surface area (Å²) in [6.07, 6.45) is 5.55. The molecule has 4 heteroatoms. The molecule has 0 bridgehead atoms. The molecule has 0 N–H and O–H groups in total. The summed E-state index contributed by atoms with van der Waals surface area (Å²) < 4.78 is 11.4. The molecule has 2 rings (SSSR count). The molecule has 1 aromatic carbocycles. The zero-order valence-electron chi connectivity index (χ0n) is 13.7. The molecule has 0 aliphatic heterocycles. The van der Waals surface area contributed by atoms with Crippen LogP contribution in [0.4, 0.5) is 0 Å². The van der Waals surface area contributed by atoms with E-state index in [0.717, 1.165) is 24.2 Å². The highest BCUT2D eigenvalue weighted by atomic mass is 16.5. The van der Waals surface area contributed by atoms with Crippen LogP contribution in [0.2, 0.25) is 0 Å². The fraction of sp³-hybridized carbons (Fsp3) is 0.368. The lowest BCUT2D eigenvalue weighted by Crippen LogP contribution is -2.08. The fourth-order valence-corrected chi connectivity index (χ4v) is 2.16. The van der Waals surface area contributed by atoms with Crippen LogP contribution in [0.25, 0.3) is 0 Å². The van der Waals surface area contributed by atoms with Crippen molar-refractivity contribution in [1.29, 1.82) is 0 Å². The first-order valence-electron chi connectivity index (χ1n) is 8.06. The molecule has 0 saturated heterocycles. The normalized spacial score (nSPS) is 10.3. The van der Waals surface area contributed by atoms with Crippen molar-refractivity contribution in [3.8, 4) is 11.5 Å². The van der Waals surface area contributed by atoms with Crippen molar-refractivity contribution in [2.75, 3.05) is 13.2 Å². The van der Waals surface area contributed by atoms with Gasteiger partial charge in [0.05, 0.1) is 18.8 Å². The molecular formula is C19H23NO3. The van der Waals surface area contributed by atoms with Gasteiger partial charge in [-0.3, -0.25) is 9.78 Å². The highest BCUT2D eigenvalue weighted by Crippen LogP contribution is 2.26. The maximum absolute atomic E-state index is 12.6. The molecular weight excluding hydrogens is 290 g/mol. The second-order valence-electron chi connectivity index (χ2n) is 5.31. The zero-order valence-corrected chi connectivity index (χ0v) is 13.7. The minimum Gasteiger partial charge on any atom is -0.493 e. The van der Waals surface area contributed by atoms with E-state index < -0.39 is 0 Å². The Labute approximate surface area is 137 Å². The Morgan fingerprint density at radius 1 is 1.00 bits per heavy atom. The first-order valence-corrected chi connectivity index (χ1v) is 8.06. The van der Waals surface area contributed by atoms with E-state index in [0.29, 0.717) is 30.9 Å². The standard InChI is InChI=1S/C19H23NO3/c1-3-11-22-16-5-6-17(19(14-16)23-12-4-2)18(21)13-15-7-9-20-10-8-15/h5-10,14H,3-4,11-13H2,1-2H3. The van der Waals surface area contributed by atoms with Gasteiger partial charge in [0.1, 0.15) is 11.5 Å². The summed E-state index contributed by atoms with van der Waals surface area (Å²) in [6.45, 7) is 5.32. The predicted molar refractivity (Wildman–Crippen MR) is 90.3 cm³/mol. The van der Waals surface area contributed by atoms with Crippen LogP contribution in [0.1, 0.15) is 42.6 Å². The van der Waals surface area contributed by atoms with Crippen LogP contribution in [0.15, 0.2) is 42.7 Å². The van der Waals surface area contributed by atoms with Gasteiger partial charge in [0.25, 0.3) is 0 Å². The highest BCUT2D eigenvalue weighted by Gasteiger charge is 2.14. The summed E-state index contributed by atoms with van der Waals surface area (Å²) in [5.74, 6) is 1.36. The van der Waals surface area contributed by atoms with Crippen molar-refractivity contribution in [3.05, 3.63) is 53.9 Å². The molecule has 0 atom stereocenters. The summed E-state index contributed by atoms with van der Waals surface area (Å²) in [5.41, 5.74) is 1.54. The minimum atomic E-state index is 0.0318. The first-order chi connectivity index (χ1) is 11.2. The molecule has 122 valence electrons. The number of pyridine rings is 1. The van der Waals surface area contributed by atoms with Crippen LogP contribution < -0.4 is 9.47 Å². The Bertz CT molecular complexity index is 626. The van der Waals surface area contributed by atoms with E-state index in [2.05, 4.69) is 11.9 Å². The number of aromatic nitrogens is 1.